The van der Waals surface area contributed by atoms with Crippen molar-refractivity contribution in [2.45, 2.75) is 32.9 Å². The van der Waals surface area contributed by atoms with Crippen molar-refractivity contribution in [3.63, 3.8) is 0 Å². The summed E-state index contributed by atoms with van der Waals surface area (Å²) in [6.45, 7) is 5.22. The first-order valence-corrected chi connectivity index (χ1v) is 9.16. The highest BCUT2D eigenvalue weighted by atomic mass is 35.5. The number of carbonyl (C=O) groups is 2. The molecule has 0 saturated carbocycles. The van der Waals surface area contributed by atoms with E-state index in [0.29, 0.717) is 19.5 Å². The highest BCUT2D eigenvalue weighted by Gasteiger charge is 2.37. The molecular formula is C20H25ClFN5O2. The molecule has 3 N–H and O–H groups in total. The quantitative estimate of drug-likeness (QED) is 0.787. The van der Waals surface area contributed by atoms with Gasteiger partial charge < -0.3 is 16.0 Å². The third-order valence-corrected chi connectivity index (χ3v) is 5.08. The first-order chi connectivity index (χ1) is 13.3. The van der Waals surface area contributed by atoms with Crippen molar-refractivity contribution in [3.05, 3.63) is 59.4 Å². The summed E-state index contributed by atoms with van der Waals surface area (Å²) in [5.41, 5.74) is 6.65. The maximum Gasteiger partial charge on any atom is 0.274 e. The Balaban J connectivity index is 0.00000300. The number of amides is 2. The van der Waals surface area contributed by atoms with E-state index in [1.54, 1.807) is 17.0 Å². The zero-order valence-corrected chi connectivity index (χ0v) is 17.2. The Hall–Kier alpha value is -2.58. The Morgan fingerprint density at radius 1 is 1.21 bits per heavy atom. The highest BCUT2D eigenvalue weighted by molar-refractivity contribution is 6.04. The molecule has 3 rings (SSSR count). The molecule has 1 aromatic heterocycles. The Kier molecular flexibility index (Phi) is 7.26. The Morgan fingerprint density at radius 3 is 2.45 bits per heavy atom. The second-order valence-electron chi connectivity index (χ2n) is 7.67. The molecule has 1 unspecified atom stereocenters. The van der Waals surface area contributed by atoms with Gasteiger partial charge in [0.05, 0.1) is 0 Å². The third kappa shape index (κ3) is 5.27. The van der Waals surface area contributed by atoms with E-state index in [0.717, 1.165) is 5.56 Å². The Bertz CT molecular complexity index is 875. The van der Waals surface area contributed by atoms with E-state index in [2.05, 4.69) is 15.3 Å². The van der Waals surface area contributed by atoms with E-state index in [1.807, 2.05) is 13.8 Å². The van der Waals surface area contributed by atoms with Gasteiger partial charge in [-0.15, -0.1) is 12.4 Å². The molecule has 0 radical (unpaired) electrons. The van der Waals surface area contributed by atoms with Crippen molar-refractivity contribution in [3.8, 4) is 0 Å². The highest BCUT2D eigenvalue weighted by Crippen LogP contribution is 2.28. The molecule has 2 heterocycles. The Morgan fingerprint density at radius 2 is 1.83 bits per heavy atom. The van der Waals surface area contributed by atoms with Crippen molar-refractivity contribution in [2.75, 3.05) is 13.1 Å². The van der Waals surface area contributed by atoms with Gasteiger partial charge in [0, 0.05) is 38.1 Å². The van der Waals surface area contributed by atoms with Gasteiger partial charge in [-0.1, -0.05) is 26.0 Å². The summed E-state index contributed by atoms with van der Waals surface area (Å²) >= 11 is 0. The zero-order chi connectivity index (χ0) is 20.3. The summed E-state index contributed by atoms with van der Waals surface area (Å²) < 4.78 is 13.0. The van der Waals surface area contributed by atoms with E-state index in [4.69, 9.17) is 5.73 Å². The van der Waals surface area contributed by atoms with E-state index < -0.39 is 5.91 Å². The van der Waals surface area contributed by atoms with Gasteiger partial charge in [-0.2, -0.15) is 0 Å². The lowest BCUT2D eigenvalue weighted by molar-refractivity contribution is 0.0523. The van der Waals surface area contributed by atoms with Gasteiger partial charge in [-0.3, -0.25) is 9.59 Å². The van der Waals surface area contributed by atoms with Gasteiger partial charge in [0.15, 0.2) is 11.4 Å². The number of nitrogens with two attached hydrogens (primary N) is 1. The van der Waals surface area contributed by atoms with Crippen LogP contribution in [-0.4, -0.2) is 45.8 Å². The predicted octanol–water partition coefficient (Wildman–Crippen LogP) is 2.17. The summed E-state index contributed by atoms with van der Waals surface area (Å²) in [4.78, 5) is 35.4. The van der Waals surface area contributed by atoms with Crippen molar-refractivity contribution in [2.24, 2.45) is 11.1 Å². The Labute approximate surface area is 175 Å². The van der Waals surface area contributed by atoms with Crippen LogP contribution in [0, 0.1) is 11.2 Å². The molecular weight excluding hydrogens is 397 g/mol. The average Bonchev–Trinajstić information content (AvgIpc) is 2.68. The standard InChI is InChI=1S/C20H24FN5O2.ClH/c1-20(2)12-26(10-7-15(20)22)19(28)17-16(23-8-9-24-17)18(27)25-11-13-3-5-14(21)6-4-13;/h3-6,8-9,15H,7,10-12,22H2,1-2H3,(H,25,27);1H. The van der Waals surface area contributed by atoms with Crippen LogP contribution >= 0.6 is 12.4 Å². The molecule has 1 fully saturated rings. The zero-order valence-electron chi connectivity index (χ0n) is 16.4. The summed E-state index contributed by atoms with van der Waals surface area (Å²) in [5, 5.41) is 2.70. The smallest absolute Gasteiger partial charge is 0.274 e. The first kappa shape index (κ1) is 22.7. The minimum atomic E-state index is -0.506. The van der Waals surface area contributed by atoms with Crippen LogP contribution in [-0.2, 0) is 6.54 Å². The first-order valence-electron chi connectivity index (χ1n) is 9.16. The SMILES string of the molecule is CC1(C)CN(C(=O)c2nccnc2C(=O)NCc2ccc(F)cc2)CCC1N.Cl. The largest absolute Gasteiger partial charge is 0.347 e. The fraction of sp³-hybridized carbons (Fsp3) is 0.400. The molecule has 2 amide bonds. The average molecular weight is 422 g/mol. The minimum Gasteiger partial charge on any atom is -0.347 e. The van der Waals surface area contributed by atoms with Gasteiger partial charge in [-0.25, -0.2) is 14.4 Å². The molecule has 29 heavy (non-hydrogen) atoms. The van der Waals surface area contributed by atoms with Gasteiger partial charge in [0.2, 0.25) is 0 Å². The van der Waals surface area contributed by atoms with Gasteiger partial charge in [-0.05, 0) is 29.5 Å². The fourth-order valence-corrected chi connectivity index (χ4v) is 3.23. The van der Waals surface area contributed by atoms with Crippen LogP contribution in [0.2, 0.25) is 0 Å². The second-order valence-corrected chi connectivity index (χ2v) is 7.67. The molecule has 1 saturated heterocycles. The van der Waals surface area contributed by atoms with Gasteiger partial charge in [0.25, 0.3) is 11.8 Å². The van der Waals surface area contributed by atoms with Crippen LogP contribution in [0.4, 0.5) is 4.39 Å². The second kappa shape index (κ2) is 9.28. The molecule has 1 atom stereocenters. The van der Waals surface area contributed by atoms with Crippen LogP contribution < -0.4 is 11.1 Å². The van der Waals surface area contributed by atoms with Crippen molar-refractivity contribution in [1.82, 2.24) is 20.2 Å². The van der Waals surface area contributed by atoms with E-state index in [1.165, 1.54) is 24.5 Å². The van der Waals surface area contributed by atoms with E-state index in [-0.39, 0.29) is 53.5 Å². The molecule has 1 aliphatic heterocycles. The molecule has 2 aromatic rings. The maximum absolute atomic E-state index is 13.0. The minimum absolute atomic E-state index is 0. The van der Waals surface area contributed by atoms with Crippen molar-refractivity contribution < 1.29 is 14.0 Å². The fourth-order valence-electron chi connectivity index (χ4n) is 3.23. The maximum atomic E-state index is 13.0. The predicted molar refractivity (Wildman–Crippen MR) is 109 cm³/mol. The van der Waals surface area contributed by atoms with Crippen LogP contribution in [0.5, 0.6) is 0 Å². The number of hydrogen-bond acceptors (Lipinski definition) is 5. The number of nitrogens with zero attached hydrogens (tertiary/aromatic N) is 3. The number of likely N-dealkylation sites (tertiary alicyclic amines) is 1. The number of benzene rings is 1. The molecule has 1 aliphatic rings. The number of hydrogen-bond donors (Lipinski definition) is 2. The van der Waals surface area contributed by atoms with Crippen LogP contribution in [0.25, 0.3) is 0 Å². The number of aromatic nitrogens is 2. The third-order valence-electron chi connectivity index (χ3n) is 5.08. The number of rotatable bonds is 4. The van der Waals surface area contributed by atoms with Crippen LogP contribution in [0.3, 0.4) is 0 Å². The topological polar surface area (TPSA) is 101 Å². The van der Waals surface area contributed by atoms with E-state index in [9.17, 15) is 14.0 Å². The molecule has 0 spiro atoms. The summed E-state index contributed by atoms with van der Waals surface area (Å²) in [7, 11) is 0. The molecule has 7 nitrogen and oxygen atoms in total. The number of carbonyl (C=O) groups excluding carboxylic acids is 2. The van der Waals surface area contributed by atoms with E-state index >= 15 is 0 Å². The molecule has 9 heteroatoms. The van der Waals surface area contributed by atoms with Gasteiger partial charge >= 0.3 is 0 Å². The van der Waals surface area contributed by atoms with Crippen molar-refractivity contribution in [1.29, 1.82) is 0 Å². The molecule has 1 aromatic carbocycles. The molecule has 0 bridgehead atoms. The van der Waals surface area contributed by atoms with Gasteiger partial charge in [0.1, 0.15) is 5.82 Å². The lowest BCUT2D eigenvalue weighted by Crippen LogP contribution is -2.54. The number of nitrogens with one attached hydrogen (secondary N) is 1. The summed E-state index contributed by atoms with van der Waals surface area (Å²) in [5.74, 6) is -1.19. The van der Waals surface area contributed by atoms with Crippen LogP contribution in [0.15, 0.2) is 36.7 Å². The lowest BCUT2D eigenvalue weighted by atomic mass is 9.79. The lowest BCUT2D eigenvalue weighted by Gasteiger charge is -2.42. The number of halogens is 2. The molecule has 156 valence electrons. The number of piperidine rings is 1. The van der Waals surface area contributed by atoms with Crippen LogP contribution in [0.1, 0.15) is 46.8 Å². The molecule has 0 aliphatic carbocycles. The summed E-state index contributed by atoms with van der Waals surface area (Å²) in [6.07, 6.45) is 3.45. The summed E-state index contributed by atoms with van der Waals surface area (Å²) in [6, 6.07) is 5.81. The normalized spacial score (nSPS) is 17.9. The monoisotopic (exact) mass is 421 g/mol. The van der Waals surface area contributed by atoms with Crippen molar-refractivity contribution >= 4 is 24.2 Å².